The van der Waals surface area contributed by atoms with Gasteiger partial charge in [-0.1, -0.05) is 33.5 Å². The molecule has 0 aliphatic rings. The largest absolute Gasteiger partial charge is 0.454 e. The summed E-state index contributed by atoms with van der Waals surface area (Å²) >= 11 is 0. The van der Waals surface area contributed by atoms with Crippen molar-refractivity contribution < 1.29 is 4.42 Å². The lowest BCUT2D eigenvalue weighted by Gasteiger charge is -2.22. The average Bonchev–Trinajstić information content (AvgIpc) is 2.98. The van der Waals surface area contributed by atoms with Crippen LogP contribution in [0.15, 0.2) is 40.9 Å². The minimum Gasteiger partial charge on any atom is -0.454 e. The minimum atomic E-state index is -1.43. The lowest BCUT2D eigenvalue weighted by atomic mass is 10.0. The van der Waals surface area contributed by atoms with Crippen molar-refractivity contribution in [2.24, 2.45) is 5.92 Å². The normalized spacial score (nSPS) is 12.4. The number of aryl methyl sites for hydroxylation is 2. The van der Waals surface area contributed by atoms with Crippen molar-refractivity contribution in [1.29, 1.82) is 0 Å². The topological polar surface area (TPSA) is 38.9 Å². The summed E-state index contributed by atoms with van der Waals surface area (Å²) in [6, 6.07) is 10.8. The molecule has 0 saturated carbocycles. The van der Waals surface area contributed by atoms with Crippen molar-refractivity contribution in [1.82, 2.24) is 9.97 Å². The quantitative estimate of drug-likeness (QED) is 0.371. The molecule has 0 fully saturated rings. The minimum absolute atomic E-state index is 0.624. The lowest BCUT2D eigenvalue weighted by Crippen LogP contribution is -2.40. The van der Waals surface area contributed by atoms with E-state index in [-0.39, 0.29) is 0 Å². The fraction of sp³-hybridized carbons (Fsp3) is 0.360. The highest BCUT2D eigenvalue weighted by molar-refractivity contribution is 6.89. The van der Waals surface area contributed by atoms with Crippen LogP contribution in [-0.4, -0.2) is 18.0 Å². The highest BCUT2D eigenvalue weighted by Gasteiger charge is 2.22. The van der Waals surface area contributed by atoms with E-state index in [1.54, 1.807) is 0 Å². The summed E-state index contributed by atoms with van der Waals surface area (Å²) in [7, 11) is -1.43. The second kappa shape index (κ2) is 7.10. The second-order valence-corrected chi connectivity index (χ2v) is 14.7. The van der Waals surface area contributed by atoms with Crippen molar-refractivity contribution in [3.05, 3.63) is 53.5 Å². The van der Waals surface area contributed by atoms with Crippen LogP contribution in [0.25, 0.3) is 33.2 Å². The van der Waals surface area contributed by atoms with Gasteiger partial charge in [-0.25, -0.2) is 0 Å². The Hall–Kier alpha value is -2.46. The first-order valence-corrected chi connectivity index (χ1v) is 13.9. The number of aromatic nitrogens is 2. The van der Waals surface area contributed by atoms with Gasteiger partial charge in [0.15, 0.2) is 5.58 Å². The Bertz CT molecular complexity index is 1220. The highest BCUT2D eigenvalue weighted by atomic mass is 28.3. The smallest absolute Gasteiger partial charge is 0.156 e. The van der Waals surface area contributed by atoms with Gasteiger partial charge in [-0.3, -0.25) is 9.97 Å². The number of pyridine rings is 2. The number of furan rings is 1. The molecule has 4 rings (SSSR count). The van der Waals surface area contributed by atoms with Gasteiger partial charge in [0.25, 0.3) is 0 Å². The van der Waals surface area contributed by atoms with Crippen molar-refractivity contribution >= 4 is 35.2 Å². The van der Waals surface area contributed by atoms with E-state index in [0.29, 0.717) is 5.92 Å². The predicted molar refractivity (Wildman–Crippen MR) is 126 cm³/mol. The first kappa shape index (κ1) is 19.8. The predicted octanol–water partition coefficient (Wildman–Crippen LogP) is 6.40. The Morgan fingerprint density at radius 3 is 2.45 bits per heavy atom. The molecule has 0 N–H and O–H groups in total. The van der Waals surface area contributed by atoms with E-state index < -0.39 is 8.07 Å². The number of nitrogens with zero attached hydrogens (tertiary/aromatic N) is 2. The zero-order chi connectivity index (χ0) is 20.9. The van der Waals surface area contributed by atoms with Crippen LogP contribution in [0.1, 0.15) is 30.8 Å². The number of benzene rings is 1. The zero-order valence-electron chi connectivity index (χ0n) is 18.6. The Balaban J connectivity index is 1.89. The van der Waals surface area contributed by atoms with Crippen LogP contribution >= 0.6 is 0 Å². The molecule has 4 heteroatoms. The molecule has 0 amide bonds. The van der Waals surface area contributed by atoms with Crippen LogP contribution in [0.4, 0.5) is 0 Å². The third-order valence-electron chi connectivity index (χ3n) is 5.47. The molecule has 0 saturated heterocycles. The molecule has 4 aromatic rings. The maximum absolute atomic E-state index is 6.09. The molecule has 3 heterocycles. The molecular weight excluding hydrogens is 372 g/mol. The van der Waals surface area contributed by atoms with Gasteiger partial charge in [-0.15, -0.1) is 0 Å². The monoisotopic (exact) mass is 402 g/mol. The van der Waals surface area contributed by atoms with E-state index in [4.69, 9.17) is 9.40 Å². The number of fused-ring (bicyclic) bond motifs is 3. The average molecular weight is 403 g/mol. The fourth-order valence-corrected chi connectivity index (χ4v) is 5.77. The van der Waals surface area contributed by atoms with Crippen molar-refractivity contribution in [2.75, 3.05) is 0 Å². The Kier molecular flexibility index (Phi) is 4.86. The Labute approximate surface area is 174 Å². The molecule has 0 unspecified atom stereocenters. The van der Waals surface area contributed by atoms with Gasteiger partial charge in [0.2, 0.25) is 0 Å². The van der Waals surface area contributed by atoms with Gasteiger partial charge >= 0.3 is 0 Å². The molecular formula is C25H30N2OSi. The molecule has 0 bridgehead atoms. The van der Waals surface area contributed by atoms with Gasteiger partial charge in [0, 0.05) is 28.2 Å². The molecule has 0 atom stereocenters. The summed E-state index contributed by atoms with van der Waals surface area (Å²) in [6.07, 6.45) is 3.23. The zero-order valence-corrected chi connectivity index (χ0v) is 19.6. The van der Waals surface area contributed by atoms with Crippen LogP contribution in [0.5, 0.6) is 0 Å². The third kappa shape index (κ3) is 3.74. The van der Waals surface area contributed by atoms with Crippen LogP contribution in [-0.2, 0) is 6.42 Å². The number of hydrogen-bond acceptors (Lipinski definition) is 3. The van der Waals surface area contributed by atoms with E-state index in [1.807, 2.05) is 13.8 Å². The van der Waals surface area contributed by atoms with Gasteiger partial charge in [0.05, 0.1) is 19.5 Å². The summed E-state index contributed by atoms with van der Waals surface area (Å²) < 4.78 is 6.09. The van der Waals surface area contributed by atoms with Crippen LogP contribution in [0, 0.1) is 19.8 Å². The van der Waals surface area contributed by atoms with E-state index in [1.165, 1.54) is 10.8 Å². The number of rotatable bonds is 4. The summed E-state index contributed by atoms with van der Waals surface area (Å²) in [5.74, 6) is 0.624. The standard InChI is InChI=1S/C25H30N2OSi/c1-15(2)10-19-13-22(26-14-24(19)29(5,6)7)18-8-9-23-20(12-18)21-11-16(3)27-17(4)25(21)28-23/h8-9,11-15H,10H2,1-7H3. The van der Waals surface area contributed by atoms with Gasteiger partial charge < -0.3 is 4.42 Å². The van der Waals surface area contributed by atoms with Crippen LogP contribution < -0.4 is 5.19 Å². The number of hydrogen-bond donors (Lipinski definition) is 0. The van der Waals surface area contributed by atoms with E-state index in [2.05, 4.69) is 75.0 Å². The van der Waals surface area contributed by atoms with E-state index in [9.17, 15) is 0 Å². The molecule has 1 aromatic carbocycles. The van der Waals surface area contributed by atoms with Crippen molar-refractivity contribution in [3.63, 3.8) is 0 Å². The maximum atomic E-state index is 6.09. The molecule has 0 aliphatic carbocycles. The summed E-state index contributed by atoms with van der Waals surface area (Å²) in [4.78, 5) is 9.43. The van der Waals surface area contributed by atoms with E-state index in [0.717, 1.165) is 51.0 Å². The summed E-state index contributed by atoms with van der Waals surface area (Å²) in [5, 5.41) is 3.74. The Morgan fingerprint density at radius 1 is 1.00 bits per heavy atom. The molecule has 0 spiro atoms. The third-order valence-corrected chi connectivity index (χ3v) is 7.54. The first-order valence-electron chi connectivity index (χ1n) is 10.4. The van der Waals surface area contributed by atoms with Crippen LogP contribution in [0.3, 0.4) is 0 Å². The molecule has 29 heavy (non-hydrogen) atoms. The second-order valence-electron chi connectivity index (χ2n) is 9.61. The van der Waals surface area contributed by atoms with E-state index >= 15 is 0 Å². The molecule has 3 nitrogen and oxygen atoms in total. The maximum Gasteiger partial charge on any atom is 0.156 e. The van der Waals surface area contributed by atoms with Crippen LogP contribution in [0.2, 0.25) is 19.6 Å². The van der Waals surface area contributed by atoms with Gasteiger partial charge in [-0.2, -0.15) is 0 Å². The van der Waals surface area contributed by atoms with Crippen molar-refractivity contribution in [2.45, 2.75) is 53.8 Å². The van der Waals surface area contributed by atoms with Gasteiger partial charge in [-0.05, 0) is 67.3 Å². The lowest BCUT2D eigenvalue weighted by molar-refractivity contribution is 0.649. The molecule has 0 radical (unpaired) electrons. The molecule has 150 valence electrons. The molecule has 0 aliphatic heterocycles. The first-order chi connectivity index (χ1) is 13.6. The Morgan fingerprint density at radius 2 is 1.76 bits per heavy atom. The SMILES string of the molecule is Cc1cc2c(oc3ccc(-c4cc(CC(C)C)c([Si](C)(C)C)cn4)cc32)c(C)n1. The fourth-order valence-electron chi connectivity index (χ4n) is 4.18. The highest BCUT2D eigenvalue weighted by Crippen LogP contribution is 2.33. The molecule has 3 aromatic heterocycles. The summed E-state index contributed by atoms with van der Waals surface area (Å²) in [6.45, 7) is 15.8. The summed E-state index contributed by atoms with van der Waals surface area (Å²) in [5.41, 5.74) is 7.37. The van der Waals surface area contributed by atoms with Crippen molar-refractivity contribution in [3.8, 4) is 11.3 Å². The van der Waals surface area contributed by atoms with Gasteiger partial charge in [0.1, 0.15) is 5.58 Å².